The van der Waals surface area contributed by atoms with Crippen LogP contribution in [-0.2, 0) is 4.18 Å². The smallest absolute Gasteiger partial charge is 0.0500 e. The molecule has 1 N–H and O–H groups in total. The van der Waals surface area contributed by atoms with Crippen molar-refractivity contribution in [2.75, 3.05) is 14.2 Å². The summed E-state index contributed by atoms with van der Waals surface area (Å²) in [6.07, 6.45) is 0. The molecule has 3 heteroatoms. The van der Waals surface area contributed by atoms with Crippen LogP contribution in [0.4, 0.5) is 0 Å². The lowest BCUT2D eigenvalue weighted by Crippen LogP contribution is -1.40. The van der Waals surface area contributed by atoms with Crippen LogP contribution in [0.5, 0.6) is 0 Å². The van der Waals surface area contributed by atoms with Crippen LogP contribution in [0.15, 0.2) is 0 Å². The van der Waals surface area contributed by atoms with Crippen molar-refractivity contribution in [2.24, 2.45) is 0 Å². The van der Waals surface area contributed by atoms with E-state index in [0.717, 1.165) is 7.11 Å². The van der Waals surface area contributed by atoms with Crippen molar-refractivity contribution in [1.82, 2.24) is 0 Å². The van der Waals surface area contributed by atoms with Gasteiger partial charge in [-0.2, -0.15) is 0 Å². The van der Waals surface area contributed by atoms with E-state index in [4.69, 9.17) is 5.11 Å². The zero-order valence-corrected chi connectivity index (χ0v) is 4.20. The minimum Gasteiger partial charge on any atom is -0.400 e. The van der Waals surface area contributed by atoms with Crippen molar-refractivity contribution in [1.29, 1.82) is 0 Å². The fraction of sp³-hybridized carbons (Fsp3) is 1.00. The summed E-state index contributed by atoms with van der Waals surface area (Å²) < 4.78 is 3.94. The summed E-state index contributed by atoms with van der Waals surface area (Å²) in [4.78, 5) is 0. The van der Waals surface area contributed by atoms with Gasteiger partial charge in [0.2, 0.25) is 0 Å². The molecule has 0 aliphatic heterocycles. The molecule has 5 heavy (non-hydrogen) atoms. The molecule has 2 nitrogen and oxygen atoms in total. The highest BCUT2D eigenvalue weighted by atomic mass is 32.1. The molecule has 0 aromatic heterocycles. The first-order chi connectivity index (χ1) is 2.41. The van der Waals surface area contributed by atoms with E-state index in [0.29, 0.717) is 0 Å². The van der Waals surface area contributed by atoms with Crippen LogP contribution < -0.4 is 0 Å². The van der Waals surface area contributed by atoms with Gasteiger partial charge < -0.3 is 9.29 Å². The summed E-state index contributed by atoms with van der Waals surface area (Å²) in [6, 6.07) is 0. The Kier molecular flexibility index (Phi) is 50.9. The van der Waals surface area contributed by atoms with E-state index in [1.807, 2.05) is 0 Å². The fourth-order valence-corrected chi connectivity index (χ4v) is 0. The van der Waals surface area contributed by atoms with E-state index >= 15 is 0 Å². The molecule has 0 spiro atoms. The third-order valence-electron chi connectivity index (χ3n) is 0. The first kappa shape index (κ1) is 8.99. The third-order valence-corrected chi connectivity index (χ3v) is 0. The molecule has 0 fully saturated rings. The molecule has 0 amide bonds. The van der Waals surface area contributed by atoms with E-state index in [2.05, 4.69) is 17.1 Å². The Hall–Kier alpha value is 0.270. The Bertz CT molecular complexity index is 7.61. The largest absolute Gasteiger partial charge is 0.400 e. The van der Waals surface area contributed by atoms with Crippen molar-refractivity contribution in [3.05, 3.63) is 0 Å². The molecule has 0 saturated carbocycles. The van der Waals surface area contributed by atoms with Gasteiger partial charge >= 0.3 is 0 Å². The average Bonchev–Trinajstić information content (AvgIpc) is 1.46. The molecule has 0 atom stereocenters. The maximum absolute atomic E-state index is 7.00. The summed E-state index contributed by atoms with van der Waals surface area (Å²) in [5, 5.41) is 7.00. The number of aliphatic hydroxyl groups is 1. The van der Waals surface area contributed by atoms with Crippen molar-refractivity contribution in [3.8, 4) is 0 Å². The number of aliphatic hydroxyl groups excluding tert-OH is 1. The molecule has 0 unspecified atom stereocenters. The maximum Gasteiger partial charge on any atom is 0.0500 e. The molecule has 0 saturated heterocycles. The van der Waals surface area contributed by atoms with Gasteiger partial charge in [-0.25, -0.2) is 0 Å². The first-order valence-electron chi connectivity index (χ1n) is 1.04. The molecule has 0 radical (unpaired) electrons. The van der Waals surface area contributed by atoms with Gasteiger partial charge in [-0.3, -0.25) is 0 Å². The summed E-state index contributed by atoms with van der Waals surface area (Å²) in [7, 11) is 2.49. The van der Waals surface area contributed by atoms with E-state index in [1.54, 1.807) is 0 Å². The number of thiol groups is 1. The monoisotopic (exact) mass is 96.0 g/mol. The first-order valence-corrected chi connectivity index (χ1v) is 1.40. The second-order valence-electron chi connectivity index (χ2n) is 0.183. The summed E-state index contributed by atoms with van der Waals surface area (Å²) >= 11 is 3.29. The zero-order valence-electron chi connectivity index (χ0n) is 3.30. The summed E-state index contributed by atoms with van der Waals surface area (Å²) in [5.41, 5.74) is 0. The molecule has 0 heterocycles. The van der Waals surface area contributed by atoms with Crippen LogP contribution in [0.3, 0.4) is 0 Å². The minimum atomic E-state index is 1.00. The van der Waals surface area contributed by atoms with Gasteiger partial charge in [0.25, 0.3) is 0 Å². The van der Waals surface area contributed by atoms with Crippen molar-refractivity contribution in [3.63, 3.8) is 0 Å². The molecule has 0 aromatic carbocycles. The van der Waals surface area contributed by atoms with Crippen molar-refractivity contribution in [2.45, 2.75) is 0 Å². The molecular weight excluding hydrogens is 88.1 g/mol. The van der Waals surface area contributed by atoms with E-state index in [-0.39, 0.29) is 0 Å². The minimum absolute atomic E-state index is 1.00. The second kappa shape index (κ2) is 28.3. The molecular formula is C2H8O2S. The van der Waals surface area contributed by atoms with Crippen molar-refractivity contribution < 1.29 is 9.29 Å². The van der Waals surface area contributed by atoms with Crippen LogP contribution in [0.25, 0.3) is 0 Å². The highest BCUT2D eigenvalue weighted by Gasteiger charge is 1.27. The van der Waals surface area contributed by atoms with Gasteiger partial charge in [0.15, 0.2) is 0 Å². The number of rotatable bonds is 0. The van der Waals surface area contributed by atoms with Gasteiger partial charge in [0.1, 0.15) is 0 Å². The van der Waals surface area contributed by atoms with Crippen LogP contribution in [-0.4, -0.2) is 19.3 Å². The molecule has 0 aliphatic carbocycles. The molecule has 34 valence electrons. The lowest BCUT2D eigenvalue weighted by Gasteiger charge is -1.58. The molecule has 0 rings (SSSR count). The average molecular weight is 96.2 g/mol. The highest BCUT2D eigenvalue weighted by molar-refractivity contribution is 7.75. The van der Waals surface area contributed by atoms with Crippen LogP contribution in [0.2, 0.25) is 0 Å². The van der Waals surface area contributed by atoms with Crippen molar-refractivity contribution >= 4 is 12.9 Å². The van der Waals surface area contributed by atoms with Gasteiger partial charge in [-0.05, 0) is 12.9 Å². The maximum atomic E-state index is 7.00. The SMILES string of the molecule is CO.COS. The predicted molar refractivity (Wildman–Crippen MR) is 24.1 cm³/mol. The standard InChI is InChI=1S/CH4OS.CH4O/c1-2-3;1-2/h3H,1H3;2H,1H3. The summed E-state index contributed by atoms with van der Waals surface area (Å²) in [5.74, 6) is 0. The Labute approximate surface area is 37.4 Å². The van der Waals surface area contributed by atoms with Crippen LogP contribution in [0.1, 0.15) is 0 Å². The topological polar surface area (TPSA) is 29.5 Å². The number of hydrogen-bond acceptors (Lipinski definition) is 3. The Morgan fingerprint density at radius 2 is 1.60 bits per heavy atom. The van der Waals surface area contributed by atoms with Gasteiger partial charge in [0, 0.05) is 14.2 Å². The molecule has 0 bridgehead atoms. The highest BCUT2D eigenvalue weighted by Crippen LogP contribution is 1.57. The van der Waals surface area contributed by atoms with Gasteiger partial charge in [-0.1, -0.05) is 0 Å². The summed E-state index contributed by atoms with van der Waals surface area (Å²) in [6.45, 7) is 0. The van der Waals surface area contributed by atoms with E-state index in [9.17, 15) is 0 Å². The predicted octanol–water partition coefficient (Wildman–Crippen LogP) is 0.0861. The van der Waals surface area contributed by atoms with E-state index in [1.165, 1.54) is 7.11 Å². The third kappa shape index (κ3) is 302. The normalized spacial score (nSPS) is 4.80. The second-order valence-corrected chi connectivity index (χ2v) is 0.548. The Morgan fingerprint density at radius 3 is 1.60 bits per heavy atom. The lowest BCUT2D eigenvalue weighted by atomic mass is 11.8. The zero-order chi connectivity index (χ0) is 4.71. The van der Waals surface area contributed by atoms with Gasteiger partial charge in [0.05, 0.1) is 0 Å². The van der Waals surface area contributed by atoms with Crippen LogP contribution in [0, 0.1) is 0 Å². The molecule has 0 aliphatic rings. The molecule has 0 aromatic rings. The Morgan fingerprint density at radius 1 is 1.60 bits per heavy atom. The van der Waals surface area contributed by atoms with Crippen LogP contribution >= 0.6 is 12.9 Å². The number of hydrogen-bond donors (Lipinski definition) is 2. The Balaban J connectivity index is 0. The lowest BCUT2D eigenvalue weighted by molar-refractivity contribution is 0.399. The van der Waals surface area contributed by atoms with Gasteiger partial charge in [-0.15, -0.1) is 0 Å². The quantitative estimate of drug-likeness (QED) is 0.330. The van der Waals surface area contributed by atoms with E-state index < -0.39 is 0 Å². The fourth-order valence-electron chi connectivity index (χ4n) is 0.